The highest BCUT2D eigenvalue weighted by atomic mass is 31.2. The molecule has 13 heteroatoms. The van der Waals surface area contributed by atoms with Gasteiger partial charge in [-0.3, -0.25) is 23.7 Å². The maximum atomic E-state index is 13.5. The van der Waals surface area contributed by atoms with Crippen molar-refractivity contribution in [2.24, 2.45) is 5.73 Å². The van der Waals surface area contributed by atoms with Crippen molar-refractivity contribution in [2.45, 2.75) is 90.9 Å². The average Bonchev–Trinajstić information content (AvgIpc) is 2.58. The molecule has 2 amide bonds. The summed E-state index contributed by atoms with van der Waals surface area (Å²) in [4.78, 5) is 48.0. The number of hydrogen-bond donors (Lipinski definition) is 4. The van der Waals surface area contributed by atoms with E-state index in [9.17, 15) is 23.7 Å². The van der Waals surface area contributed by atoms with Crippen LogP contribution >= 0.6 is 7.60 Å². The van der Waals surface area contributed by atoms with Crippen LogP contribution in [0.5, 0.6) is 0 Å². The molecule has 0 saturated carbocycles. The van der Waals surface area contributed by atoms with Crippen molar-refractivity contribution in [2.75, 3.05) is 6.54 Å². The zero-order chi connectivity index (χ0) is 25.3. The van der Waals surface area contributed by atoms with E-state index < -0.39 is 67.5 Å². The number of nitrogens with one attached hydrogen (secondary N) is 2. The van der Waals surface area contributed by atoms with Gasteiger partial charge in [0.05, 0.1) is 12.2 Å². The minimum Gasteiger partial charge on any atom is -0.480 e. The lowest BCUT2D eigenvalue weighted by atomic mass is 10.1. The Morgan fingerprint density at radius 3 is 1.94 bits per heavy atom. The van der Waals surface area contributed by atoms with E-state index in [2.05, 4.69) is 10.6 Å². The van der Waals surface area contributed by atoms with Crippen LogP contribution in [0.4, 0.5) is 0 Å². The lowest BCUT2D eigenvalue weighted by Crippen LogP contribution is -2.49. The summed E-state index contributed by atoms with van der Waals surface area (Å²) in [5.74, 6) is -5.60. The minimum atomic E-state index is -4.26. The normalized spacial score (nSPS) is 14.1. The van der Waals surface area contributed by atoms with Gasteiger partial charge in [0, 0.05) is 6.42 Å². The molecule has 5 N–H and O–H groups in total. The largest absolute Gasteiger partial charge is 0.480 e. The number of rotatable bonds is 13. The molecule has 0 saturated heterocycles. The third-order valence-corrected chi connectivity index (χ3v) is 5.83. The molecule has 0 spiro atoms. The second kappa shape index (κ2) is 12.9. The van der Waals surface area contributed by atoms with E-state index >= 15 is 0 Å². The molecule has 0 aliphatic rings. The van der Waals surface area contributed by atoms with E-state index in [1.807, 2.05) is 0 Å². The number of amides is 2. The highest BCUT2D eigenvalue weighted by molar-refractivity contribution is 7.55. The molecule has 186 valence electrons. The molecule has 0 aromatic heterocycles. The van der Waals surface area contributed by atoms with Gasteiger partial charge in [-0.2, -0.15) is 0 Å². The molecule has 0 bridgehead atoms. The van der Waals surface area contributed by atoms with E-state index in [4.69, 9.17) is 24.6 Å². The van der Waals surface area contributed by atoms with Gasteiger partial charge >= 0.3 is 19.5 Å². The maximum absolute atomic E-state index is 13.5. The predicted molar refractivity (Wildman–Crippen MR) is 116 cm³/mol. The fraction of sp³-hybridized carbons (Fsp3) is 0.789. The second-order valence-electron chi connectivity index (χ2n) is 8.61. The summed E-state index contributed by atoms with van der Waals surface area (Å²) in [6, 6.07) is -1.29. The Morgan fingerprint density at radius 1 is 1.03 bits per heavy atom. The predicted octanol–water partition coefficient (Wildman–Crippen LogP) is 1.12. The van der Waals surface area contributed by atoms with Gasteiger partial charge in [-0.1, -0.05) is 0 Å². The maximum Gasteiger partial charge on any atom is 0.362 e. The Bertz CT molecular complexity index is 705. The van der Waals surface area contributed by atoms with Crippen molar-refractivity contribution in [3.8, 4) is 0 Å². The molecular weight excluding hydrogens is 445 g/mol. The SMILES string of the molecule is CC(C)OP(=O)(OC(C)C)C(NC(=O)CC[C@H](N)C(=O)O)C(=O)NCC(=O)OC(C)(C)C. The third kappa shape index (κ3) is 12.1. The van der Waals surface area contributed by atoms with Crippen molar-refractivity contribution in [1.29, 1.82) is 0 Å². The summed E-state index contributed by atoms with van der Waals surface area (Å²) in [6.45, 7) is 10.7. The van der Waals surface area contributed by atoms with Crippen molar-refractivity contribution in [3.63, 3.8) is 0 Å². The van der Waals surface area contributed by atoms with E-state index in [1.54, 1.807) is 48.5 Å². The van der Waals surface area contributed by atoms with Gasteiger partial charge in [0.15, 0.2) is 0 Å². The summed E-state index contributed by atoms with van der Waals surface area (Å²) in [5, 5.41) is 13.4. The Balaban J connectivity index is 5.62. The summed E-state index contributed by atoms with van der Waals surface area (Å²) in [6.07, 6.45) is -1.82. The number of carboxylic acid groups (broad SMARTS) is 1. The van der Waals surface area contributed by atoms with Gasteiger partial charge in [-0.25, -0.2) is 0 Å². The first-order valence-electron chi connectivity index (χ1n) is 10.2. The Morgan fingerprint density at radius 2 is 1.53 bits per heavy atom. The Hall–Kier alpha value is -2.01. The zero-order valence-electron chi connectivity index (χ0n) is 19.7. The molecule has 0 aliphatic heterocycles. The van der Waals surface area contributed by atoms with Crippen LogP contribution in [0, 0.1) is 0 Å². The van der Waals surface area contributed by atoms with Gasteiger partial charge in [-0.05, 0) is 54.9 Å². The molecule has 2 atom stereocenters. The highest BCUT2D eigenvalue weighted by Crippen LogP contribution is 2.54. The second-order valence-corrected chi connectivity index (χ2v) is 10.6. The van der Waals surface area contributed by atoms with Crippen LogP contribution in [0.3, 0.4) is 0 Å². The first-order chi connectivity index (χ1) is 14.5. The van der Waals surface area contributed by atoms with Gasteiger partial charge in [0.2, 0.25) is 11.7 Å². The number of aliphatic carboxylic acids is 1. The Kier molecular flexibility index (Phi) is 12.1. The molecule has 0 aromatic carbocycles. The fourth-order valence-corrected chi connectivity index (χ4v) is 4.44. The number of esters is 1. The van der Waals surface area contributed by atoms with E-state index in [-0.39, 0.29) is 12.8 Å². The minimum absolute atomic E-state index is 0.214. The molecule has 0 fully saturated rings. The number of carboxylic acids is 1. The van der Waals surface area contributed by atoms with Crippen molar-refractivity contribution < 1.29 is 42.6 Å². The van der Waals surface area contributed by atoms with E-state index in [0.29, 0.717) is 0 Å². The third-order valence-electron chi connectivity index (χ3n) is 3.40. The molecule has 1 unspecified atom stereocenters. The van der Waals surface area contributed by atoms with E-state index in [0.717, 1.165) is 0 Å². The number of carbonyl (C=O) groups is 4. The van der Waals surface area contributed by atoms with E-state index in [1.165, 1.54) is 0 Å². The molecule has 12 nitrogen and oxygen atoms in total. The van der Waals surface area contributed by atoms with Gasteiger partial charge in [0.1, 0.15) is 18.2 Å². The van der Waals surface area contributed by atoms with Crippen LogP contribution in [0.15, 0.2) is 0 Å². The molecule has 32 heavy (non-hydrogen) atoms. The van der Waals surface area contributed by atoms with Crippen LogP contribution in [0.25, 0.3) is 0 Å². The molecule has 0 aliphatic carbocycles. The smallest absolute Gasteiger partial charge is 0.362 e. The van der Waals surface area contributed by atoms with Crippen LogP contribution in [-0.4, -0.2) is 65.0 Å². The number of hydrogen-bond acceptors (Lipinski definition) is 9. The van der Waals surface area contributed by atoms with Crippen LogP contribution in [-0.2, 0) is 37.5 Å². The average molecular weight is 481 g/mol. The van der Waals surface area contributed by atoms with Crippen LogP contribution in [0.1, 0.15) is 61.3 Å². The van der Waals surface area contributed by atoms with Crippen molar-refractivity contribution >= 4 is 31.3 Å². The summed E-state index contributed by atoms with van der Waals surface area (Å²) >= 11 is 0. The summed E-state index contributed by atoms with van der Waals surface area (Å²) < 4.78 is 29.4. The molecule has 0 heterocycles. The lowest BCUT2D eigenvalue weighted by molar-refractivity contribution is -0.154. The monoisotopic (exact) mass is 481 g/mol. The zero-order valence-corrected chi connectivity index (χ0v) is 20.6. The first-order valence-corrected chi connectivity index (χ1v) is 11.8. The molecule has 0 rings (SSSR count). The van der Waals surface area contributed by atoms with Gasteiger partial charge < -0.3 is 35.3 Å². The van der Waals surface area contributed by atoms with Crippen LogP contribution < -0.4 is 16.4 Å². The summed E-state index contributed by atoms with van der Waals surface area (Å²) in [5.41, 5.74) is 4.61. The topological polar surface area (TPSA) is 183 Å². The number of carbonyl (C=O) groups excluding carboxylic acids is 3. The molecular formula is C19H36N3O9P. The molecule has 0 radical (unpaired) electrons. The summed E-state index contributed by atoms with van der Waals surface area (Å²) in [7, 11) is -4.26. The van der Waals surface area contributed by atoms with Crippen molar-refractivity contribution in [3.05, 3.63) is 0 Å². The van der Waals surface area contributed by atoms with Gasteiger partial charge in [-0.15, -0.1) is 0 Å². The standard InChI is InChI=1S/C19H36N3O9P/c1-11(2)30-32(28,31-12(3)4)17(22-14(23)9-8-13(20)18(26)27)16(25)21-10-15(24)29-19(5,6)7/h11-13,17H,8-10,20H2,1-7H3,(H,21,25)(H,22,23)(H,26,27)/t13-,17?/m0/s1. The first kappa shape index (κ1) is 30.0. The van der Waals surface area contributed by atoms with Crippen molar-refractivity contribution in [1.82, 2.24) is 10.6 Å². The lowest BCUT2D eigenvalue weighted by Gasteiger charge is -2.29. The van der Waals surface area contributed by atoms with Crippen LogP contribution in [0.2, 0.25) is 0 Å². The highest BCUT2D eigenvalue weighted by Gasteiger charge is 2.44. The Labute approximate surface area is 188 Å². The van der Waals surface area contributed by atoms with Gasteiger partial charge in [0.25, 0.3) is 5.91 Å². The number of nitrogens with two attached hydrogens (primary N) is 1. The number of ether oxygens (including phenoxy) is 1. The quantitative estimate of drug-likeness (QED) is 0.220. The molecule has 0 aromatic rings. The fourth-order valence-electron chi connectivity index (χ4n) is 2.29.